The quantitative estimate of drug-likeness (QED) is 0.490. The van der Waals surface area contributed by atoms with Crippen LogP contribution in [0.2, 0.25) is 0 Å². The molecule has 0 aliphatic heterocycles. The Labute approximate surface area is 117 Å². The fourth-order valence-corrected chi connectivity index (χ4v) is 2.13. The van der Waals surface area contributed by atoms with E-state index in [1.165, 1.54) is 9.45 Å². The largest absolute Gasteiger partial charge is 1.00 e. The average molecular weight is 284 g/mol. The fourth-order valence-electron chi connectivity index (χ4n) is 1.50. The van der Waals surface area contributed by atoms with Crippen molar-refractivity contribution in [1.29, 1.82) is 0 Å². The molecule has 4 heteroatoms. The van der Waals surface area contributed by atoms with Gasteiger partial charge in [0, 0.05) is 0 Å². The summed E-state index contributed by atoms with van der Waals surface area (Å²) in [5.74, 6) is 0. The molecule has 1 nitrogen and oxygen atoms in total. The summed E-state index contributed by atoms with van der Waals surface area (Å²) in [5.41, 5.74) is 1.30. The molecule has 1 rings (SSSR count). The first-order valence-corrected chi connectivity index (χ1v) is 5.47. The number of halogens is 2. The van der Waals surface area contributed by atoms with E-state index in [2.05, 4.69) is 60.3 Å². The Morgan fingerprint density at radius 3 is 2.20 bits per heavy atom. The molecule has 1 aliphatic carbocycles. The van der Waals surface area contributed by atoms with Crippen molar-refractivity contribution in [2.45, 2.75) is 45.8 Å². The second-order valence-electron chi connectivity index (χ2n) is 4.41. The Morgan fingerprint density at radius 2 is 1.87 bits per heavy atom. The molecule has 0 amide bonds. The number of ether oxygens (including phenoxy) is 1. The third kappa shape index (κ3) is 6.14. The zero-order chi connectivity index (χ0) is 10.1. The molecule has 15 heavy (non-hydrogen) atoms. The summed E-state index contributed by atoms with van der Waals surface area (Å²) in [7, 11) is 0. The molecule has 0 saturated heterocycles. The second kappa shape index (κ2) is 7.14. The Hall–Kier alpha value is 0.734. The molecule has 0 aromatic heterocycles. The molecule has 1 aliphatic rings. The molecule has 0 N–H and O–H groups in total. The standard InChI is InChI=1S/C11H17O.2ClH.Ti/c1-9(12-11(2,3)4)10-7-5-6-8-10;;;/h5,7,9H,6H2,1-4H3;2*1H;/q;;;+2/p-2. The minimum Gasteiger partial charge on any atom is -1.00 e. The summed E-state index contributed by atoms with van der Waals surface area (Å²) < 4.78 is 7.32. The van der Waals surface area contributed by atoms with Crippen molar-refractivity contribution in [2.24, 2.45) is 0 Å². The van der Waals surface area contributed by atoms with Gasteiger partial charge in [0.25, 0.3) is 0 Å². The third-order valence-electron chi connectivity index (χ3n) is 1.94. The number of hydrogen-bond acceptors (Lipinski definition) is 1. The van der Waals surface area contributed by atoms with E-state index in [1.807, 2.05) is 0 Å². The van der Waals surface area contributed by atoms with Crippen LogP contribution in [0.25, 0.3) is 0 Å². The fraction of sp³-hybridized carbons (Fsp3) is 0.636. The topological polar surface area (TPSA) is 9.23 Å². The Kier molecular flexibility index (Phi) is 8.62. The normalized spacial score (nSPS) is 17.2. The van der Waals surface area contributed by atoms with E-state index in [-0.39, 0.29) is 36.5 Å². The molecule has 0 heterocycles. The van der Waals surface area contributed by atoms with Crippen molar-refractivity contribution in [3.63, 3.8) is 0 Å². The van der Waals surface area contributed by atoms with Crippen LogP contribution in [0.1, 0.15) is 34.1 Å². The van der Waals surface area contributed by atoms with Crippen LogP contribution >= 0.6 is 0 Å². The van der Waals surface area contributed by atoms with E-state index in [1.54, 1.807) is 0 Å². The molecule has 1 atom stereocenters. The van der Waals surface area contributed by atoms with Crippen LogP contribution in [0.3, 0.4) is 0 Å². The van der Waals surface area contributed by atoms with Gasteiger partial charge in [-0.15, -0.1) is 0 Å². The predicted molar refractivity (Wildman–Crippen MR) is 51.1 cm³/mol. The molecular formula is C11H17Cl2OTi. The Morgan fingerprint density at radius 1 is 1.33 bits per heavy atom. The summed E-state index contributed by atoms with van der Waals surface area (Å²) in [5, 5.41) is 0. The van der Waals surface area contributed by atoms with E-state index in [4.69, 9.17) is 4.74 Å². The van der Waals surface area contributed by atoms with Gasteiger partial charge in [0.15, 0.2) is 0 Å². The number of allylic oxidation sites excluding steroid dienone is 2. The molecule has 0 radical (unpaired) electrons. The molecule has 0 fully saturated rings. The molecule has 0 spiro atoms. The van der Waals surface area contributed by atoms with Crippen molar-refractivity contribution >= 4 is 0 Å². The van der Waals surface area contributed by atoms with Gasteiger partial charge in [-0.05, 0) is 0 Å². The molecule has 0 aromatic rings. The summed E-state index contributed by atoms with van der Waals surface area (Å²) in [6.07, 6.45) is 5.70. The van der Waals surface area contributed by atoms with Crippen LogP contribution in [-0.2, 0) is 25.2 Å². The summed E-state index contributed by atoms with van der Waals surface area (Å²) in [4.78, 5) is 0. The molecule has 1 unspecified atom stereocenters. The number of rotatable bonds is 2. The van der Waals surface area contributed by atoms with Gasteiger partial charge < -0.3 is 24.8 Å². The predicted octanol–water partition coefficient (Wildman–Crippen LogP) is -3.04. The number of hydrogen-bond donors (Lipinski definition) is 0. The van der Waals surface area contributed by atoms with Crippen LogP contribution in [0.4, 0.5) is 0 Å². The van der Waals surface area contributed by atoms with Crippen molar-refractivity contribution in [3.8, 4) is 0 Å². The Bertz CT molecular complexity index is 254. The van der Waals surface area contributed by atoms with Crippen molar-refractivity contribution in [3.05, 3.63) is 21.6 Å². The van der Waals surface area contributed by atoms with E-state index in [0.29, 0.717) is 0 Å². The molecule has 0 bridgehead atoms. The summed E-state index contributed by atoms with van der Waals surface area (Å²) in [6.45, 7) is 8.41. The minimum absolute atomic E-state index is 0. The third-order valence-corrected chi connectivity index (χ3v) is 2.71. The average Bonchev–Trinajstić information content (AvgIpc) is 2.30. The summed E-state index contributed by atoms with van der Waals surface area (Å²) in [6, 6.07) is 0. The van der Waals surface area contributed by atoms with Crippen LogP contribution in [-0.4, -0.2) is 11.7 Å². The van der Waals surface area contributed by atoms with E-state index in [9.17, 15) is 0 Å². The van der Waals surface area contributed by atoms with Crippen molar-refractivity contribution in [2.75, 3.05) is 0 Å². The van der Waals surface area contributed by atoms with Crippen LogP contribution in [0.5, 0.6) is 0 Å². The molecule has 0 saturated carbocycles. The van der Waals surface area contributed by atoms with Crippen molar-refractivity contribution < 1.29 is 50.0 Å². The van der Waals surface area contributed by atoms with Gasteiger partial charge in [-0.3, -0.25) is 0 Å². The van der Waals surface area contributed by atoms with Crippen LogP contribution < -0.4 is 24.8 Å². The van der Waals surface area contributed by atoms with E-state index < -0.39 is 0 Å². The molecule has 0 aromatic carbocycles. The first-order valence-electron chi connectivity index (χ1n) is 4.69. The molecule has 85 valence electrons. The zero-order valence-corrected chi connectivity index (χ0v) is 12.7. The van der Waals surface area contributed by atoms with Crippen molar-refractivity contribution in [1.82, 2.24) is 0 Å². The van der Waals surface area contributed by atoms with Gasteiger partial charge >= 0.3 is 92.6 Å². The minimum atomic E-state index is -0.0525. The van der Waals surface area contributed by atoms with Gasteiger partial charge in [0.05, 0.1) is 0 Å². The Balaban J connectivity index is 0. The van der Waals surface area contributed by atoms with Gasteiger partial charge in [-0.2, -0.15) is 0 Å². The smallest absolute Gasteiger partial charge is 1.00 e. The first-order chi connectivity index (χ1) is 5.90. The monoisotopic (exact) mass is 283 g/mol. The maximum absolute atomic E-state index is 5.88. The zero-order valence-electron chi connectivity index (χ0n) is 9.60. The van der Waals surface area contributed by atoms with E-state index in [0.717, 1.165) is 6.42 Å². The first kappa shape index (κ1) is 18.1. The van der Waals surface area contributed by atoms with Crippen LogP contribution in [0, 0.1) is 0 Å². The maximum atomic E-state index is 5.88. The maximum Gasteiger partial charge on any atom is -1.00 e. The van der Waals surface area contributed by atoms with E-state index >= 15 is 0 Å². The van der Waals surface area contributed by atoms with Crippen LogP contribution in [0.15, 0.2) is 21.6 Å². The van der Waals surface area contributed by atoms with Gasteiger partial charge in [0.1, 0.15) is 0 Å². The summed E-state index contributed by atoms with van der Waals surface area (Å²) >= 11 is 2.18. The van der Waals surface area contributed by atoms with Gasteiger partial charge in [-0.25, -0.2) is 0 Å². The molecular weight excluding hydrogens is 267 g/mol. The SMILES string of the molecule is CC(OC(C)(C)C)C1=[C]([Ti+2])CC=C1.[Cl-].[Cl-]. The second-order valence-corrected chi connectivity index (χ2v) is 5.36. The van der Waals surface area contributed by atoms with Gasteiger partial charge in [-0.1, -0.05) is 0 Å². The van der Waals surface area contributed by atoms with Gasteiger partial charge in [0.2, 0.25) is 0 Å².